The van der Waals surface area contributed by atoms with Gasteiger partial charge in [0.1, 0.15) is 41.2 Å². The first kappa shape index (κ1) is 56.8. The fourth-order valence-corrected chi connectivity index (χ4v) is 8.97. The summed E-state index contributed by atoms with van der Waals surface area (Å²) in [5.74, 6) is -4.89. The fraction of sp³-hybridized carbons (Fsp3) is 0.370. The smallest absolute Gasteiger partial charge is 0.305 e. The van der Waals surface area contributed by atoms with Crippen molar-refractivity contribution < 1.29 is 43.4 Å². The van der Waals surface area contributed by atoms with Crippen LogP contribution in [-0.4, -0.2) is 119 Å². The molecule has 0 bridgehead atoms. The van der Waals surface area contributed by atoms with Crippen molar-refractivity contribution in [1.29, 1.82) is 0 Å². The molecule has 22 nitrogen and oxygen atoms in total. The predicted octanol–water partition coefficient (Wildman–Crippen LogP) is 1.31. The number of rotatable bonds is 28. The van der Waals surface area contributed by atoms with Crippen molar-refractivity contribution in [1.82, 2.24) is 31.6 Å². The molecule has 2 heterocycles. The minimum Gasteiger partial charge on any atom is -0.481 e. The number of nitrogens with one attached hydrogen (secondary N) is 6. The lowest BCUT2D eigenvalue weighted by Gasteiger charge is -2.43. The van der Waals surface area contributed by atoms with Gasteiger partial charge in [0, 0.05) is 55.3 Å². The normalized spacial score (nSPS) is 14.9. The monoisotopic (exact) mass is 1040 g/mol. The predicted molar refractivity (Wildman–Crippen MR) is 287 cm³/mol. The van der Waals surface area contributed by atoms with Crippen LogP contribution in [0, 0.1) is 0 Å². The van der Waals surface area contributed by atoms with Crippen LogP contribution in [0.5, 0.6) is 11.5 Å². The second-order valence-corrected chi connectivity index (χ2v) is 18.8. The third-order valence-electron chi connectivity index (χ3n) is 13.1. The van der Waals surface area contributed by atoms with Crippen LogP contribution < -0.4 is 64.9 Å². The topological polar surface area (TPSA) is 371 Å². The number of anilines is 1. The standard InChI is InChI=1S/C54H69N13O9/c55-26-10-9-18-42(47(57)70)62-51(74)45(31-35-33-61-41-17-8-7-16-39(35)41)64-49(72)43(19-11-27-60-53(58)59)63-50(73)44(30-34-12-3-1-4-13-34)65-52(75)54(66-48(71)40(56)32-46(68)69)24-28-67(29-25-54)36-20-22-38(23-21-36)76-37-14-5-2-6-15-37/h1-8,12-17,20-23,33,40,42-45,61H,9-11,18-19,24-32,55-56H2,(H2,57,70)(H,62,74)(H,63,73)(H,64,72)(H,65,75)(H,66,71)(H,68,69)(H4,58,59,60)/t40-,42-,43-,44+,45-/m0/s1. The van der Waals surface area contributed by atoms with E-state index in [1.807, 2.05) is 83.8 Å². The molecule has 1 fully saturated rings. The number of nitrogens with zero attached hydrogens (tertiary/aromatic N) is 2. The highest BCUT2D eigenvalue weighted by Crippen LogP contribution is 2.30. The number of aliphatic imine (C=N–C) groups is 1. The van der Waals surface area contributed by atoms with E-state index in [2.05, 4.69) is 36.6 Å². The lowest BCUT2D eigenvalue weighted by atomic mass is 9.85. The van der Waals surface area contributed by atoms with Gasteiger partial charge in [0.2, 0.25) is 35.4 Å². The summed E-state index contributed by atoms with van der Waals surface area (Å²) in [5, 5.41) is 24.2. The highest BCUT2D eigenvalue weighted by molar-refractivity contribution is 5.99. The van der Waals surface area contributed by atoms with Gasteiger partial charge in [-0.2, -0.15) is 0 Å². The van der Waals surface area contributed by atoms with Crippen LogP contribution in [0.4, 0.5) is 5.69 Å². The summed E-state index contributed by atoms with van der Waals surface area (Å²) < 4.78 is 5.96. The summed E-state index contributed by atoms with van der Waals surface area (Å²) in [6.45, 7) is 0.932. The van der Waals surface area contributed by atoms with Crippen LogP contribution in [0.15, 0.2) is 120 Å². The van der Waals surface area contributed by atoms with Crippen molar-refractivity contribution in [2.75, 3.05) is 31.1 Å². The van der Waals surface area contributed by atoms with Crippen LogP contribution in [0.1, 0.15) is 62.5 Å². The number of ether oxygens (including phenoxy) is 1. The van der Waals surface area contributed by atoms with Gasteiger partial charge in [-0.15, -0.1) is 0 Å². The quantitative estimate of drug-likeness (QED) is 0.0191. The van der Waals surface area contributed by atoms with Gasteiger partial charge >= 0.3 is 5.97 Å². The van der Waals surface area contributed by atoms with E-state index in [1.54, 1.807) is 36.5 Å². The van der Waals surface area contributed by atoms with Crippen molar-refractivity contribution in [2.45, 2.75) is 100.0 Å². The largest absolute Gasteiger partial charge is 0.481 e. The second-order valence-electron chi connectivity index (χ2n) is 18.8. The number of carbonyl (C=O) groups excluding carboxylic acids is 6. The number of unbranched alkanes of at least 4 members (excludes halogenated alkanes) is 1. The van der Waals surface area contributed by atoms with E-state index in [9.17, 15) is 38.7 Å². The van der Waals surface area contributed by atoms with Gasteiger partial charge in [0.05, 0.1) is 12.5 Å². The summed E-state index contributed by atoms with van der Waals surface area (Å²) in [7, 11) is 0. The zero-order valence-corrected chi connectivity index (χ0v) is 42.3. The Hall–Kier alpha value is -8.50. The van der Waals surface area contributed by atoms with Gasteiger partial charge in [0.15, 0.2) is 5.96 Å². The SMILES string of the molecule is NCCCC[C@H](NC(=O)[C@H](Cc1c[nH]c2ccccc12)NC(=O)[C@H](CCCN=C(N)N)NC(=O)[C@@H](Cc1ccccc1)NC(=O)C1(NC(=O)[C@@H](N)CC(=O)O)CCN(c2ccc(Oc3ccccc3)cc2)CC1)C(N)=O. The van der Waals surface area contributed by atoms with E-state index in [0.29, 0.717) is 42.0 Å². The van der Waals surface area contributed by atoms with Crippen LogP contribution >= 0.6 is 0 Å². The molecule has 6 rings (SSSR count). The molecular weight excluding hydrogens is 975 g/mol. The molecule has 1 saturated heterocycles. The van der Waals surface area contributed by atoms with Gasteiger partial charge in [-0.25, -0.2) is 0 Å². The molecular formula is C54H69N13O9. The number of primary amides is 1. The average Bonchev–Trinajstić information content (AvgIpc) is 3.81. The van der Waals surface area contributed by atoms with Crippen LogP contribution in [0.3, 0.4) is 0 Å². The third kappa shape index (κ3) is 16.5. The molecule has 1 aromatic heterocycles. The summed E-state index contributed by atoms with van der Waals surface area (Å²) in [5.41, 5.74) is 29.9. The Balaban J connectivity index is 1.27. The summed E-state index contributed by atoms with van der Waals surface area (Å²) in [6.07, 6.45) is 2.38. The van der Waals surface area contributed by atoms with E-state index >= 15 is 0 Å². The fourth-order valence-electron chi connectivity index (χ4n) is 8.97. The molecule has 0 unspecified atom stereocenters. The summed E-state index contributed by atoms with van der Waals surface area (Å²) >= 11 is 0. The number of benzene rings is 4. The van der Waals surface area contributed by atoms with Crippen molar-refractivity contribution in [3.05, 3.63) is 127 Å². The molecule has 17 N–H and O–H groups in total. The molecule has 4 aromatic carbocycles. The molecule has 0 aliphatic carbocycles. The molecule has 1 aliphatic heterocycles. The minimum atomic E-state index is -1.68. The number of para-hydroxylation sites is 2. The number of guanidine groups is 1. The van der Waals surface area contributed by atoms with E-state index in [-0.39, 0.29) is 70.5 Å². The van der Waals surface area contributed by atoms with Gasteiger partial charge in [-0.05, 0) is 105 Å². The molecule has 1 aliphatic rings. The number of fused-ring (bicyclic) bond motifs is 1. The number of hydrogen-bond acceptors (Lipinski definition) is 12. The van der Waals surface area contributed by atoms with Gasteiger partial charge in [0.25, 0.3) is 0 Å². The average molecular weight is 1040 g/mol. The molecule has 22 heteroatoms. The molecule has 404 valence electrons. The third-order valence-corrected chi connectivity index (χ3v) is 13.1. The zero-order valence-electron chi connectivity index (χ0n) is 42.3. The zero-order chi connectivity index (χ0) is 54.6. The maximum absolute atomic E-state index is 14.9. The Bertz CT molecular complexity index is 2780. The van der Waals surface area contributed by atoms with Crippen LogP contribution in [0.25, 0.3) is 10.9 Å². The number of piperidine rings is 1. The first-order valence-corrected chi connectivity index (χ1v) is 25.3. The van der Waals surface area contributed by atoms with Gasteiger partial charge in [-0.3, -0.25) is 38.6 Å². The van der Waals surface area contributed by atoms with Gasteiger partial charge in [-0.1, -0.05) is 66.7 Å². The molecule has 0 radical (unpaired) electrons. The Morgan fingerprint density at radius 2 is 1.25 bits per heavy atom. The van der Waals surface area contributed by atoms with E-state index in [4.69, 9.17) is 33.4 Å². The van der Waals surface area contributed by atoms with Crippen molar-refractivity contribution >= 4 is 64.0 Å². The Morgan fingerprint density at radius 1 is 0.671 bits per heavy atom. The van der Waals surface area contributed by atoms with Crippen LogP contribution in [0.2, 0.25) is 0 Å². The second kappa shape index (κ2) is 27.7. The van der Waals surface area contributed by atoms with Gasteiger partial charge < -0.3 is 75.0 Å². The van der Waals surface area contributed by atoms with Crippen LogP contribution in [-0.2, 0) is 46.4 Å². The highest BCUT2D eigenvalue weighted by Gasteiger charge is 2.45. The number of carbonyl (C=O) groups is 7. The Labute approximate surface area is 440 Å². The van der Waals surface area contributed by atoms with Crippen molar-refractivity contribution in [3.63, 3.8) is 0 Å². The van der Waals surface area contributed by atoms with E-state index < -0.39 is 83.6 Å². The molecule has 6 amide bonds. The molecule has 5 atom stereocenters. The van der Waals surface area contributed by atoms with E-state index in [0.717, 1.165) is 16.6 Å². The maximum Gasteiger partial charge on any atom is 0.305 e. The highest BCUT2D eigenvalue weighted by atomic mass is 16.5. The van der Waals surface area contributed by atoms with Crippen molar-refractivity contribution in [3.8, 4) is 11.5 Å². The number of aromatic nitrogens is 1. The number of H-pyrrole nitrogens is 1. The maximum atomic E-state index is 14.9. The molecule has 0 saturated carbocycles. The molecule has 76 heavy (non-hydrogen) atoms. The number of amides is 6. The van der Waals surface area contributed by atoms with E-state index in [1.165, 1.54) is 0 Å². The van der Waals surface area contributed by atoms with Crippen molar-refractivity contribution in [2.24, 2.45) is 33.7 Å². The first-order valence-electron chi connectivity index (χ1n) is 25.3. The molecule has 5 aromatic rings. The number of aliphatic carboxylic acids is 1. The Morgan fingerprint density at radius 3 is 1.89 bits per heavy atom. The number of aromatic amines is 1. The summed E-state index contributed by atoms with van der Waals surface area (Å²) in [6, 6.07) is 26.3. The summed E-state index contributed by atoms with van der Waals surface area (Å²) in [4.78, 5) is 106. The first-order chi connectivity index (χ1) is 36.5. The number of carboxylic acids is 1. The molecule has 0 spiro atoms. The minimum absolute atomic E-state index is 0.0195. The number of carboxylic acid groups (broad SMARTS) is 1. The lowest BCUT2D eigenvalue weighted by molar-refractivity contribution is -0.141. The number of hydrogen-bond donors (Lipinski definition) is 12. The number of nitrogens with two attached hydrogens (primary N) is 5. The lowest BCUT2D eigenvalue weighted by Crippen LogP contribution is -2.67. The Kier molecular flexibility index (Phi) is 20.7.